The molecule has 0 heterocycles. The van der Waals surface area contributed by atoms with E-state index in [0.717, 1.165) is 5.56 Å². The summed E-state index contributed by atoms with van der Waals surface area (Å²) in [4.78, 5) is -0.173. The van der Waals surface area contributed by atoms with Crippen LogP contribution in [0.5, 0.6) is 0 Å². The van der Waals surface area contributed by atoms with Crippen molar-refractivity contribution in [2.24, 2.45) is 10.3 Å². The summed E-state index contributed by atoms with van der Waals surface area (Å²) >= 11 is 0. The van der Waals surface area contributed by atoms with Gasteiger partial charge in [-0.05, 0) is 29.8 Å². The minimum absolute atomic E-state index is 0.173. The summed E-state index contributed by atoms with van der Waals surface area (Å²) in [6, 6.07) is 15.2. The van der Waals surface area contributed by atoms with Crippen LogP contribution in [0, 0.1) is 0 Å². The van der Waals surface area contributed by atoms with Crippen molar-refractivity contribution < 1.29 is 13.0 Å². The summed E-state index contributed by atoms with van der Waals surface area (Å²) in [5.74, 6) is 0. The average molecular weight is 291 g/mol. The average Bonchev–Trinajstić information content (AvgIpc) is 2.44. The Hall–Kier alpha value is -2.25. The molecular weight excluding hydrogens is 278 g/mol. The minimum Gasteiger partial charge on any atom is -0.287 e. The Morgan fingerprint density at radius 2 is 1.65 bits per heavy atom. The highest BCUT2D eigenvalue weighted by molar-refractivity contribution is 7.85. The fourth-order valence-electron chi connectivity index (χ4n) is 1.50. The maximum Gasteiger partial charge on any atom is 0.294 e. The molecule has 2 rings (SSSR count). The highest BCUT2D eigenvalue weighted by Crippen LogP contribution is 2.16. The van der Waals surface area contributed by atoms with E-state index in [4.69, 9.17) is 4.55 Å². The summed E-state index contributed by atoms with van der Waals surface area (Å²) in [6.07, 6.45) is 0. The van der Waals surface area contributed by atoms with Crippen molar-refractivity contribution in [3.63, 3.8) is 0 Å². The summed E-state index contributed by atoms with van der Waals surface area (Å²) in [7, 11) is -4.17. The number of nitrogens with zero attached hydrogens (tertiary/aromatic N) is 2. The number of hydrogen-bond acceptors (Lipinski definition) is 4. The van der Waals surface area contributed by atoms with Gasteiger partial charge >= 0.3 is 0 Å². The Morgan fingerprint density at radius 3 is 2.25 bits per heavy atom. The fourth-order valence-corrected chi connectivity index (χ4v) is 1.98. The van der Waals surface area contributed by atoms with Gasteiger partial charge in [0, 0.05) is 0 Å². The third-order valence-electron chi connectivity index (χ3n) is 2.50. The Balaban J connectivity index is 1.92. The summed E-state index contributed by atoms with van der Waals surface area (Å²) in [5.41, 5.74) is 4.35. The molecule has 0 aliphatic heterocycles. The van der Waals surface area contributed by atoms with Crippen LogP contribution in [0.3, 0.4) is 0 Å². The fraction of sp³-hybridized carbons (Fsp3) is 0.0769. The molecule has 0 saturated heterocycles. The van der Waals surface area contributed by atoms with Crippen molar-refractivity contribution in [2.45, 2.75) is 11.4 Å². The van der Waals surface area contributed by atoms with Crippen LogP contribution in [0.2, 0.25) is 0 Å². The van der Waals surface area contributed by atoms with Gasteiger partial charge < -0.3 is 0 Å². The van der Waals surface area contributed by atoms with Gasteiger partial charge in [0.2, 0.25) is 0 Å². The molecule has 0 atom stereocenters. The molecule has 0 saturated carbocycles. The molecule has 2 aromatic carbocycles. The monoisotopic (exact) mass is 291 g/mol. The molecule has 0 radical (unpaired) electrons. The first kappa shape index (κ1) is 14.2. The van der Waals surface area contributed by atoms with E-state index < -0.39 is 10.1 Å². The number of rotatable bonds is 5. The van der Waals surface area contributed by atoms with Crippen LogP contribution in [0.15, 0.2) is 69.8 Å². The first-order valence-electron chi connectivity index (χ1n) is 5.81. The van der Waals surface area contributed by atoms with Crippen LogP contribution in [0.1, 0.15) is 5.56 Å². The van der Waals surface area contributed by atoms with Gasteiger partial charge in [-0.3, -0.25) is 9.98 Å². The zero-order valence-corrected chi connectivity index (χ0v) is 11.3. The van der Waals surface area contributed by atoms with E-state index in [1.54, 1.807) is 0 Å². The lowest BCUT2D eigenvalue weighted by Gasteiger charge is -1.99. The molecule has 20 heavy (non-hydrogen) atoms. The van der Waals surface area contributed by atoms with Crippen molar-refractivity contribution >= 4 is 15.8 Å². The van der Waals surface area contributed by atoms with Crippen LogP contribution >= 0.6 is 0 Å². The van der Waals surface area contributed by atoms with Crippen molar-refractivity contribution in [1.29, 1.82) is 0 Å². The highest BCUT2D eigenvalue weighted by Gasteiger charge is 2.07. The molecule has 0 aliphatic rings. The Kier molecular flexibility index (Phi) is 4.44. The van der Waals surface area contributed by atoms with Gasteiger partial charge in [-0.15, -0.1) is 5.11 Å². The number of nitrogens with one attached hydrogen (secondary N) is 1. The van der Waals surface area contributed by atoms with E-state index in [1.807, 2.05) is 30.3 Å². The maximum absolute atomic E-state index is 10.9. The molecule has 0 bridgehead atoms. The number of benzene rings is 2. The van der Waals surface area contributed by atoms with Gasteiger partial charge in [-0.2, -0.15) is 8.42 Å². The van der Waals surface area contributed by atoms with Crippen molar-refractivity contribution in [3.05, 3.63) is 60.2 Å². The molecule has 7 heteroatoms. The third kappa shape index (κ3) is 4.15. The second-order valence-electron chi connectivity index (χ2n) is 3.99. The predicted molar refractivity (Wildman–Crippen MR) is 74.1 cm³/mol. The lowest BCUT2D eigenvalue weighted by atomic mass is 10.2. The van der Waals surface area contributed by atoms with Gasteiger partial charge in [0.15, 0.2) is 0 Å². The maximum atomic E-state index is 10.9. The lowest BCUT2D eigenvalue weighted by molar-refractivity contribution is 0.483. The van der Waals surface area contributed by atoms with E-state index in [9.17, 15) is 8.42 Å². The summed E-state index contributed by atoms with van der Waals surface area (Å²) < 4.78 is 30.5. The first-order chi connectivity index (χ1) is 9.55. The van der Waals surface area contributed by atoms with E-state index in [-0.39, 0.29) is 4.90 Å². The molecule has 0 aliphatic carbocycles. The van der Waals surface area contributed by atoms with Gasteiger partial charge in [0.25, 0.3) is 10.1 Å². The van der Waals surface area contributed by atoms with Crippen LogP contribution in [-0.2, 0) is 16.7 Å². The van der Waals surface area contributed by atoms with Crippen molar-refractivity contribution in [3.8, 4) is 0 Å². The lowest BCUT2D eigenvalue weighted by Crippen LogP contribution is -2.03. The second-order valence-corrected chi connectivity index (χ2v) is 5.41. The Morgan fingerprint density at radius 1 is 1.00 bits per heavy atom. The first-order valence-corrected chi connectivity index (χ1v) is 7.25. The number of hydrogen-bond donors (Lipinski definition) is 2. The molecule has 0 amide bonds. The van der Waals surface area contributed by atoms with Crippen LogP contribution in [0.4, 0.5) is 5.69 Å². The summed E-state index contributed by atoms with van der Waals surface area (Å²) in [5, 5.41) is 7.67. The molecule has 2 N–H and O–H groups in total. The molecule has 0 spiro atoms. The van der Waals surface area contributed by atoms with E-state index in [1.165, 1.54) is 24.3 Å². The van der Waals surface area contributed by atoms with Crippen molar-refractivity contribution in [1.82, 2.24) is 5.43 Å². The van der Waals surface area contributed by atoms with Crippen molar-refractivity contribution in [2.75, 3.05) is 0 Å². The van der Waals surface area contributed by atoms with Crippen LogP contribution in [-0.4, -0.2) is 13.0 Å². The largest absolute Gasteiger partial charge is 0.294 e. The smallest absolute Gasteiger partial charge is 0.287 e. The SMILES string of the molecule is O=S(=O)(O)c1ccc(/N=N/NCc2ccccc2)cc1. The second kappa shape index (κ2) is 6.27. The normalized spacial score (nSPS) is 11.7. The Labute approximate surface area is 116 Å². The topological polar surface area (TPSA) is 91.1 Å². The standard InChI is InChI=1S/C13H13N3O3S/c17-20(18,19)13-8-6-12(7-9-13)15-16-14-10-11-4-2-1-3-5-11/h1-9H,10H2,(H,14,15)(H,17,18,19). The zero-order valence-electron chi connectivity index (χ0n) is 10.5. The molecule has 0 fully saturated rings. The molecule has 6 nitrogen and oxygen atoms in total. The quantitative estimate of drug-likeness (QED) is 0.503. The van der Waals surface area contributed by atoms with E-state index in [2.05, 4.69) is 15.8 Å². The molecule has 0 aromatic heterocycles. The minimum atomic E-state index is -4.17. The van der Waals surface area contributed by atoms with Gasteiger partial charge in [-0.25, -0.2) is 0 Å². The molecule has 0 unspecified atom stereocenters. The predicted octanol–water partition coefficient (Wildman–Crippen LogP) is 2.72. The molecule has 2 aromatic rings. The zero-order chi connectivity index (χ0) is 14.4. The molecule has 104 valence electrons. The summed E-state index contributed by atoms with van der Waals surface area (Å²) in [6.45, 7) is 0.549. The van der Waals surface area contributed by atoms with Gasteiger partial charge in [0.05, 0.1) is 17.1 Å². The molecular formula is C13H13N3O3S. The highest BCUT2D eigenvalue weighted by atomic mass is 32.2. The van der Waals surface area contributed by atoms with E-state index in [0.29, 0.717) is 12.2 Å². The third-order valence-corrected chi connectivity index (χ3v) is 3.36. The van der Waals surface area contributed by atoms with Gasteiger partial charge in [-0.1, -0.05) is 35.6 Å². The van der Waals surface area contributed by atoms with Gasteiger partial charge in [0.1, 0.15) is 0 Å². The Bertz CT molecular complexity index is 683. The van der Waals surface area contributed by atoms with Crippen LogP contribution < -0.4 is 5.43 Å². The van der Waals surface area contributed by atoms with E-state index >= 15 is 0 Å². The van der Waals surface area contributed by atoms with Crippen LogP contribution in [0.25, 0.3) is 0 Å².